The van der Waals surface area contributed by atoms with E-state index < -0.39 is 0 Å². The van der Waals surface area contributed by atoms with Crippen LogP contribution >= 0.6 is 15.9 Å². The highest BCUT2D eigenvalue weighted by Crippen LogP contribution is 2.28. The predicted octanol–water partition coefficient (Wildman–Crippen LogP) is 4.59. The third-order valence-electron chi connectivity index (χ3n) is 5.00. The van der Waals surface area contributed by atoms with E-state index in [0.29, 0.717) is 24.6 Å². The van der Waals surface area contributed by atoms with Gasteiger partial charge in [0.25, 0.3) is 5.91 Å². The zero-order valence-electron chi connectivity index (χ0n) is 16.9. The number of fused-ring (bicyclic) bond motifs is 1. The molecule has 0 spiro atoms. The van der Waals surface area contributed by atoms with Crippen molar-refractivity contribution in [3.8, 4) is 11.5 Å². The van der Waals surface area contributed by atoms with E-state index in [0.717, 1.165) is 22.1 Å². The molecule has 0 bridgehead atoms. The maximum absolute atomic E-state index is 12.7. The van der Waals surface area contributed by atoms with Crippen molar-refractivity contribution in [1.29, 1.82) is 0 Å². The van der Waals surface area contributed by atoms with E-state index in [-0.39, 0.29) is 17.6 Å². The fourth-order valence-corrected chi connectivity index (χ4v) is 3.63. The molecular weight excluding hydrogens is 460 g/mol. The third-order valence-corrected chi connectivity index (χ3v) is 5.53. The third kappa shape index (κ3) is 5.03. The predicted molar refractivity (Wildman–Crippen MR) is 121 cm³/mol. The highest BCUT2D eigenvalue weighted by Gasteiger charge is 2.21. The Labute approximate surface area is 188 Å². The van der Waals surface area contributed by atoms with Crippen molar-refractivity contribution >= 4 is 33.6 Å². The van der Waals surface area contributed by atoms with Gasteiger partial charge in [0.05, 0.1) is 0 Å². The van der Waals surface area contributed by atoms with Gasteiger partial charge in [0, 0.05) is 42.6 Å². The Morgan fingerprint density at radius 2 is 1.81 bits per heavy atom. The van der Waals surface area contributed by atoms with Gasteiger partial charge in [-0.1, -0.05) is 22.0 Å². The van der Waals surface area contributed by atoms with Gasteiger partial charge >= 0.3 is 6.03 Å². The van der Waals surface area contributed by atoms with Crippen molar-refractivity contribution in [1.82, 2.24) is 15.2 Å². The number of ether oxygens (including phenoxy) is 1. The van der Waals surface area contributed by atoms with Crippen LogP contribution in [0.25, 0.3) is 0 Å². The number of amides is 3. The first-order chi connectivity index (χ1) is 15.0. The highest BCUT2D eigenvalue weighted by atomic mass is 79.9. The number of urea groups is 1. The molecule has 0 radical (unpaired) electrons. The first-order valence-corrected chi connectivity index (χ1v) is 10.6. The molecule has 7 nitrogen and oxygen atoms in total. The van der Waals surface area contributed by atoms with Crippen LogP contribution in [0.4, 0.5) is 10.5 Å². The van der Waals surface area contributed by atoms with E-state index in [4.69, 9.17) is 4.74 Å². The van der Waals surface area contributed by atoms with Crippen LogP contribution in [0.15, 0.2) is 65.3 Å². The van der Waals surface area contributed by atoms with E-state index in [9.17, 15) is 9.59 Å². The maximum Gasteiger partial charge on any atom is 0.322 e. The number of benzene rings is 2. The number of aromatic nitrogens is 1. The van der Waals surface area contributed by atoms with Crippen molar-refractivity contribution in [2.45, 2.75) is 13.0 Å². The van der Waals surface area contributed by atoms with Gasteiger partial charge in [0.2, 0.25) is 0 Å². The Balaban J connectivity index is 1.46. The summed E-state index contributed by atoms with van der Waals surface area (Å²) in [4.78, 5) is 30.3. The molecule has 1 aliphatic rings. The Hall–Kier alpha value is -3.39. The number of hydrogen-bond donors (Lipinski definition) is 2. The number of carbonyl (C=O) groups is 2. The second-order valence-corrected chi connectivity index (χ2v) is 8.01. The minimum atomic E-state index is -0.275. The van der Waals surface area contributed by atoms with Crippen molar-refractivity contribution in [2.75, 3.05) is 18.9 Å². The summed E-state index contributed by atoms with van der Waals surface area (Å²) >= 11 is 3.39. The van der Waals surface area contributed by atoms with Gasteiger partial charge < -0.3 is 20.3 Å². The van der Waals surface area contributed by atoms with Crippen molar-refractivity contribution < 1.29 is 14.3 Å². The first kappa shape index (κ1) is 20.9. The van der Waals surface area contributed by atoms with Gasteiger partial charge in [0.1, 0.15) is 17.2 Å². The normalized spacial score (nSPS) is 12.6. The first-order valence-electron chi connectivity index (χ1n) is 9.81. The lowest BCUT2D eigenvalue weighted by Gasteiger charge is -2.29. The van der Waals surface area contributed by atoms with Gasteiger partial charge in [-0.05, 0) is 60.0 Å². The summed E-state index contributed by atoms with van der Waals surface area (Å²) < 4.78 is 6.90. The number of nitrogens with one attached hydrogen (secondary N) is 2. The molecule has 0 fully saturated rings. The molecule has 0 aliphatic carbocycles. The fourth-order valence-electron chi connectivity index (χ4n) is 3.37. The molecule has 3 aromatic rings. The quantitative estimate of drug-likeness (QED) is 0.571. The molecule has 2 heterocycles. The summed E-state index contributed by atoms with van der Waals surface area (Å²) in [6.45, 7) is 1.14. The summed E-state index contributed by atoms with van der Waals surface area (Å²) in [5.41, 5.74) is 3.27. The maximum atomic E-state index is 12.7. The van der Waals surface area contributed by atoms with Gasteiger partial charge in [-0.25, -0.2) is 4.79 Å². The van der Waals surface area contributed by atoms with Crippen LogP contribution in [0, 0.1) is 0 Å². The molecular formula is C23H21BrN4O3. The largest absolute Gasteiger partial charge is 0.457 e. The van der Waals surface area contributed by atoms with Crippen molar-refractivity contribution in [3.05, 3.63) is 82.1 Å². The van der Waals surface area contributed by atoms with Gasteiger partial charge in [0.15, 0.2) is 0 Å². The number of pyridine rings is 1. The molecule has 4 rings (SSSR count). The highest BCUT2D eigenvalue weighted by molar-refractivity contribution is 9.10. The standard InChI is InChI=1S/C23H21BrN4O3/c1-25-22(29)21-13-20(8-10-26-21)31-19-7-2-15-9-11-28(14-16(15)12-19)23(30)27-18-5-3-17(24)4-6-18/h2-8,10,12-13H,9,11,14H2,1H3,(H,25,29)(H,27,30). The SMILES string of the molecule is CNC(=O)c1cc(Oc2ccc3c(c2)CN(C(=O)Nc2ccc(Br)cc2)CC3)ccn1. The monoisotopic (exact) mass is 480 g/mol. The van der Waals surface area contributed by atoms with Crippen LogP contribution in [-0.4, -0.2) is 35.4 Å². The summed E-state index contributed by atoms with van der Waals surface area (Å²) in [5, 5.41) is 5.48. The van der Waals surface area contributed by atoms with Crippen LogP contribution in [0.5, 0.6) is 11.5 Å². The van der Waals surface area contributed by atoms with Crippen molar-refractivity contribution in [2.24, 2.45) is 0 Å². The number of anilines is 1. The molecule has 8 heteroatoms. The molecule has 0 saturated heterocycles. The molecule has 158 valence electrons. The Bertz CT molecular complexity index is 1120. The smallest absolute Gasteiger partial charge is 0.322 e. The summed E-state index contributed by atoms with van der Waals surface area (Å²) in [6.07, 6.45) is 2.31. The lowest BCUT2D eigenvalue weighted by molar-refractivity contribution is 0.0958. The summed E-state index contributed by atoms with van der Waals surface area (Å²) in [5.74, 6) is 0.889. The zero-order valence-corrected chi connectivity index (χ0v) is 18.5. The second-order valence-electron chi connectivity index (χ2n) is 7.10. The number of halogens is 1. The second kappa shape index (κ2) is 9.18. The molecule has 3 amide bonds. The minimum Gasteiger partial charge on any atom is -0.457 e. The van der Waals surface area contributed by atoms with E-state index >= 15 is 0 Å². The average molecular weight is 481 g/mol. The van der Waals surface area contributed by atoms with E-state index in [1.54, 1.807) is 24.1 Å². The van der Waals surface area contributed by atoms with Gasteiger partial charge in [-0.2, -0.15) is 0 Å². The minimum absolute atomic E-state index is 0.136. The Morgan fingerprint density at radius 3 is 2.58 bits per heavy atom. The average Bonchev–Trinajstić information content (AvgIpc) is 2.79. The molecule has 2 N–H and O–H groups in total. The number of rotatable bonds is 4. The molecule has 1 aromatic heterocycles. The molecule has 0 saturated carbocycles. The zero-order chi connectivity index (χ0) is 21.8. The number of carbonyl (C=O) groups excluding carboxylic acids is 2. The van der Waals surface area contributed by atoms with E-state index in [2.05, 4.69) is 31.5 Å². The Morgan fingerprint density at radius 1 is 1.03 bits per heavy atom. The number of nitrogens with zero attached hydrogens (tertiary/aromatic N) is 2. The van der Waals surface area contributed by atoms with Crippen LogP contribution in [0.2, 0.25) is 0 Å². The van der Waals surface area contributed by atoms with Crippen LogP contribution in [0.3, 0.4) is 0 Å². The van der Waals surface area contributed by atoms with Crippen LogP contribution in [-0.2, 0) is 13.0 Å². The topological polar surface area (TPSA) is 83.6 Å². The van der Waals surface area contributed by atoms with Crippen molar-refractivity contribution in [3.63, 3.8) is 0 Å². The summed E-state index contributed by atoms with van der Waals surface area (Å²) in [6, 6.07) is 16.5. The lowest BCUT2D eigenvalue weighted by atomic mass is 10.00. The summed E-state index contributed by atoms with van der Waals surface area (Å²) in [7, 11) is 1.56. The van der Waals surface area contributed by atoms with Gasteiger partial charge in [-0.3, -0.25) is 9.78 Å². The number of hydrogen-bond acceptors (Lipinski definition) is 4. The van der Waals surface area contributed by atoms with Crippen LogP contribution < -0.4 is 15.4 Å². The molecule has 0 atom stereocenters. The van der Waals surface area contributed by atoms with E-state index in [1.807, 2.05) is 42.5 Å². The molecule has 2 aromatic carbocycles. The fraction of sp³-hybridized carbons (Fsp3) is 0.174. The molecule has 0 unspecified atom stereocenters. The van der Waals surface area contributed by atoms with E-state index in [1.165, 1.54) is 11.8 Å². The van der Waals surface area contributed by atoms with Gasteiger partial charge in [-0.15, -0.1) is 0 Å². The van der Waals surface area contributed by atoms with Crippen LogP contribution in [0.1, 0.15) is 21.6 Å². The Kier molecular flexibility index (Phi) is 6.18. The molecule has 1 aliphatic heterocycles. The molecule has 31 heavy (non-hydrogen) atoms. The lowest BCUT2D eigenvalue weighted by Crippen LogP contribution is -2.38.